The highest BCUT2D eigenvalue weighted by molar-refractivity contribution is 6.32. The molecule has 0 bridgehead atoms. The molecule has 0 spiro atoms. The van der Waals surface area contributed by atoms with Gasteiger partial charge in [-0.05, 0) is 17.7 Å². The number of pyridine rings is 1. The van der Waals surface area contributed by atoms with Gasteiger partial charge in [0.25, 0.3) is 5.91 Å². The lowest BCUT2D eigenvalue weighted by Gasteiger charge is -2.12. The molecule has 0 radical (unpaired) electrons. The molecule has 1 aromatic carbocycles. The predicted octanol–water partition coefficient (Wildman–Crippen LogP) is 3.57. The summed E-state index contributed by atoms with van der Waals surface area (Å²) in [6, 6.07) is 8.28. The first kappa shape index (κ1) is 19.6. The number of halogens is 4. The molecule has 146 valence electrons. The Labute approximate surface area is 162 Å². The van der Waals surface area contributed by atoms with Gasteiger partial charge in [-0.3, -0.25) is 4.79 Å². The Balaban J connectivity index is 1.72. The quantitative estimate of drug-likeness (QED) is 0.670. The summed E-state index contributed by atoms with van der Waals surface area (Å²) in [5, 5.41) is 6.54. The normalized spacial score (nSPS) is 11.3. The van der Waals surface area contributed by atoms with E-state index in [9.17, 15) is 18.0 Å². The summed E-state index contributed by atoms with van der Waals surface area (Å²) < 4.78 is 42.8. The van der Waals surface area contributed by atoms with E-state index in [-0.39, 0.29) is 10.6 Å². The molecule has 2 aromatic heterocycles. The molecule has 28 heavy (non-hydrogen) atoms. The van der Waals surface area contributed by atoms with Crippen LogP contribution in [0.25, 0.3) is 0 Å². The summed E-state index contributed by atoms with van der Waals surface area (Å²) in [5.41, 5.74) is 1.39. The molecule has 7 nitrogen and oxygen atoms in total. The largest absolute Gasteiger partial charge is 0.467 e. The van der Waals surface area contributed by atoms with Gasteiger partial charge in [-0.1, -0.05) is 29.8 Å². The topological polar surface area (TPSA) is 81.9 Å². The van der Waals surface area contributed by atoms with Gasteiger partial charge < -0.3 is 10.1 Å². The summed E-state index contributed by atoms with van der Waals surface area (Å²) in [4.78, 5) is 20.0. The Morgan fingerprint density at radius 2 is 2.07 bits per heavy atom. The Bertz CT molecular complexity index is 964. The second-order valence-electron chi connectivity index (χ2n) is 5.62. The van der Waals surface area contributed by atoms with Crippen LogP contribution in [0, 0.1) is 0 Å². The van der Waals surface area contributed by atoms with E-state index in [0.717, 1.165) is 11.8 Å². The zero-order valence-corrected chi connectivity index (χ0v) is 14.9. The number of aromatic nitrogens is 4. The first-order valence-electron chi connectivity index (χ1n) is 7.88. The lowest BCUT2D eigenvalue weighted by molar-refractivity contribution is -0.154. The van der Waals surface area contributed by atoms with E-state index in [1.165, 1.54) is 12.4 Å². The number of carbonyl (C=O) groups excluding carboxylic acids is 1. The Hall–Kier alpha value is -3.14. The highest BCUT2D eigenvalue weighted by Crippen LogP contribution is 2.25. The number of amides is 1. The molecule has 0 saturated carbocycles. The standard InChI is InChI=1S/C17H13ClF3N5O2/c18-13-5-12(6-23-16(13)28-8-17(19,20)21)15(27)25-14-4-2-1-3-11(14)7-26-10-22-9-24-26/h1-6,9-10H,7-8H2,(H,25,27). The lowest BCUT2D eigenvalue weighted by Crippen LogP contribution is -2.20. The van der Waals surface area contributed by atoms with Crippen LogP contribution in [0.3, 0.4) is 0 Å². The predicted molar refractivity (Wildman–Crippen MR) is 94.3 cm³/mol. The molecule has 0 aliphatic heterocycles. The number of rotatable bonds is 6. The molecule has 0 fully saturated rings. The molecule has 1 amide bonds. The van der Waals surface area contributed by atoms with Crippen LogP contribution in [0.1, 0.15) is 15.9 Å². The second kappa shape index (κ2) is 8.26. The van der Waals surface area contributed by atoms with Gasteiger partial charge in [0.15, 0.2) is 6.61 Å². The lowest BCUT2D eigenvalue weighted by atomic mass is 10.1. The fourth-order valence-electron chi connectivity index (χ4n) is 2.27. The van der Waals surface area contributed by atoms with Gasteiger partial charge in [-0.25, -0.2) is 14.6 Å². The van der Waals surface area contributed by atoms with Crippen molar-refractivity contribution in [3.05, 3.63) is 65.3 Å². The van der Waals surface area contributed by atoms with Crippen molar-refractivity contribution in [3.63, 3.8) is 0 Å². The maximum absolute atomic E-state index is 12.5. The molecule has 11 heteroatoms. The average Bonchev–Trinajstić information content (AvgIpc) is 3.14. The van der Waals surface area contributed by atoms with Crippen molar-refractivity contribution >= 4 is 23.2 Å². The molecule has 0 saturated heterocycles. The molecule has 0 atom stereocenters. The first-order chi connectivity index (χ1) is 13.3. The Morgan fingerprint density at radius 3 is 2.75 bits per heavy atom. The van der Waals surface area contributed by atoms with E-state index in [1.807, 2.05) is 12.1 Å². The van der Waals surface area contributed by atoms with Gasteiger partial charge in [0.1, 0.15) is 17.7 Å². The van der Waals surface area contributed by atoms with E-state index >= 15 is 0 Å². The minimum absolute atomic E-state index is 0.0694. The molecule has 3 rings (SSSR count). The number of alkyl halides is 3. The number of benzene rings is 1. The Kier molecular flexibility index (Phi) is 5.78. The highest BCUT2D eigenvalue weighted by atomic mass is 35.5. The minimum atomic E-state index is -4.52. The van der Waals surface area contributed by atoms with Crippen LogP contribution in [0.15, 0.2) is 49.2 Å². The fraction of sp³-hybridized carbons (Fsp3) is 0.176. The van der Waals surface area contributed by atoms with Crippen molar-refractivity contribution in [2.75, 3.05) is 11.9 Å². The van der Waals surface area contributed by atoms with Crippen molar-refractivity contribution in [2.24, 2.45) is 0 Å². The molecular formula is C17H13ClF3N5O2. The summed E-state index contributed by atoms with van der Waals surface area (Å²) in [6.07, 6.45) is -0.485. The van der Waals surface area contributed by atoms with Crippen LogP contribution in [0.2, 0.25) is 5.02 Å². The van der Waals surface area contributed by atoms with Crippen LogP contribution in [-0.2, 0) is 6.54 Å². The maximum atomic E-state index is 12.5. The number of anilines is 1. The minimum Gasteiger partial charge on any atom is -0.467 e. The monoisotopic (exact) mass is 411 g/mol. The zero-order chi connectivity index (χ0) is 20.1. The summed E-state index contributed by atoms with van der Waals surface area (Å²) in [5.74, 6) is -0.926. The van der Waals surface area contributed by atoms with Crippen molar-refractivity contribution in [1.29, 1.82) is 0 Å². The summed E-state index contributed by atoms with van der Waals surface area (Å²) in [6.45, 7) is -1.14. The smallest absolute Gasteiger partial charge is 0.422 e. The Morgan fingerprint density at radius 1 is 1.29 bits per heavy atom. The van der Waals surface area contributed by atoms with Gasteiger partial charge in [0.05, 0.1) is 12.1 Å². The van der Waals surface area contributed by atoms with Crippen LogP contribution in [0.4, 0.5) is 18.9 Å². The van der Waals surface area contributed by atoms with Gasteiger partial charge in [0, 0.05) is 11.9 Å². The summed E-state index contributed by atoms with van der Waals surface area (Å²) >= 11 is 5.88. The van der Waals surface area contributed by atoms with Crippen LogP contribution in [-0.4, -0.2) is 38.4 Å². The molecule has 0 aliphatic rings. The maximum Gasteiger partial charge on any atom is 0.422 e. The number of nitrogens with one attached hydrogen (secondary N) is 1. The third kappa shape index (κ3) is 5.19. The SMILES string of the molecule is O=C(Nc1ccccc1Cn1cncn1)c1cnc(OCC(F)(F)F)c(Cl)c1. The average molecular weight is 412 g/mol. The van der Waals surface area contributed by atoms with Gasteiger partial charge >= 0.3 is 6.18 Å². The highest BCUT2D eigenvalue weighted by Gasteiger charge is 2.29. The second-order valence-corrected chi connectivity index (χ2v) is 6.03. The number of ether oxygens (including phenoxy) is 1. The third-order valence-corrected chi connectivity index (χ3v) is 3.78. The van der Waals surface area contributed by atoms with Crippen molar-refractivity contribution in [1.82, 2.24) is 19.7 Å². The van der Waals surface area contributed by atoms with E-state index < -0.39 is 24.6 Å². The molecule has 1 N–H and O–H groups in total. The molecule has 2 heterocycles. The number of hydrogen-bond acceptors (Lipinski definition) is 5. The first-order valence-corrected chi connectivity index (χ1v) is 8.26. The number of nitrogens with zero attached hydrogens (tertiary/aromatic N) is 4. The van der Waals surface area contributed by atoms with E-state index in [0.29, 0.717) is 12.2 Å². The van der Waals surface area contributed by atoms with Crippen molar-refractivity contribution in [3.8, 4) is 5.88 Å². The van der Waals surface area contributed by atoms with Gasteiger partial charge in [0.2, 0.25) is 5.88 Å². The van der Waals surface area contributed by atoms with Gasteiger partial charge in [-0.15, -0.1) is 0 Å². The van der Waals surface area contributed by atoms with Gasteiger partial charge in [-0.2, -0.15) is 18.3 Å². The molecule has 0 unspecified atom stereocenters. The third-order valence-electron chi connectivity index (χ3n) is 3.51. The van der Waals surface area contributed by atoms with Crippen LogP contribution in [0.5, 0.6) is 5.88 Å². The van der Waals surface area contributed by atoms with Crippen molar-refractivity contribution < 1.29 is 22.7 Å². The molecular weight excluding hydrogens is 399 g/mol. The van der Waals surface area contributed by atoms with Crippen LogP contribution >= 0.6 is 11.6 Å². The van der Waals surface area contributed by atoms with E-state index in [2.05, 4.69) is 25.1 Å². The number of carbonyl (C=O) groups is 1. The summed E-state index contributed by atoms with van der Waals surface area (Å²) in [7, 11) is 0. The molecule has 3 aromatic rings. The van der Waals surface area contributed by atoms with E-state index in [4.69, 9.17) is 11.6 Å². The number of hydrogen-bond donors (Lipinski definition) is 1. The molecule has 0 aliphatic carbocycles. The zero-order valence-electron chi connectivity index (χ0n) is 14.2. The van der Waals surface area contributed by atoms with E-state index in [1.54, 1.807) is 23.1 Å². The van der Waals surface area contributed by atoms with Crippen molar-refractivity contribution in [2.45, 2.75) is 12.7 Å². The fourth-order valence-corrected chi connectivity index (χ4v) is 2.49. The number of para-hydroxylation sites is 1. The van der Waals surface area contributed by atoms with Crippen LogP contribution < -0.4 is 10.1 Å².